The summed E-state index contributed by atoms with van der Waals surface area (Å²) in [7, 11) is 0. The molecule has 4 nitrogen and oxygen atoms in total. The average Bonchev–Trinajstić information content (AvgIpc) is 3.01. The summed E-state index contributed by atoms with van der Waals surface area (Å²) in [6, 6.07) is 7.35. The highest BCUT2D eigenvalue weighted by Gasteiger charge is 2.09. The fraction of sp³-hybridized carbons (Fsp3) is 0.316. The van der Waals surface area contributed by atoms with E-state index in [1.165, 1.54) is 0 Å². The van der Waals surface area contributed by atoms with E-state index in [1.54, 1.807) is 19.1 Å². The van der Waals surface area contributed by atoms with Crippen molar-refractivity contribution in [3.8, 4) is 11.4 Å². The molecule has 0 aliphatic carbocycles. The van der Waals surface area contributed by atoms with E-state index in [0.29, 0.717) is 17.3 Å². The molecule has 0 bridgehead atoms. The fourth-order valence-electron chi connectivity index (χ4n) is 2.13. The molecule has 1 heterocycles. The highest BCUT2D eigenvalue weighted by atomic mass is 16.1. The zero-order chi connectivity index (χ0) is 16.8. The highest BCUT2D eigenvalue weighted by Crippen LogP contribution is 2.20. The Morgan fingerprint density at radius 3 is 2.52 bits per heavy atom. The molecule has 1 aromatic carbocycles. The lowest BCUT2D eigenvalue weighted by atomic mass is 10.1. The molecule has 0 aliphatic rings. The summed E-state index contributed by atoms with van der Waals surface area (Å²) in [6.45, 7) is 7.94. The first-order valence-corrected chi connectivity index (χ1v) is 7.93. The molecule has 0 saturated carbocycles. The van der Waals surface area contributed by atoms with Gasteiger partial charge in [-0.2, -0.15) is 5.10 Å². The number of aromatic nitrogens is 3. The van der Waals surface area contributed by atoms with Crippen molar-refractivity contribution in [3.63, 3.8) is 0 Å². The maximum atomic E-state index is 11.3. The number of Topliss-reactive ketones (excluding diaryl/α,β-unsaturated/α-hetero) is 1. The Bertz CT molecular complexity index is 721. The Labute approximate surface area is 137 Å². The van der Waals surface area contributed by atoms with Gasteiger partial charge in [0.2, 0.25) is 0 Å². The van der Waals surface area contributed by atoms with Gasteiger partial charge in [0.25, 0.3) is 0 Å². The van der Waals surface area contributed by atoms with Gasteiger partial charge >= 0.3 is 0 Å². The molecule has 1 aromatic heterocycles. The Kier molecular flexibility index (Phi) is 5.63. The Morgan fingerprint density at radius 1 is 1.26 bits per heavy atom. The van der Waals surface area contributed by atoms with Gasteiger partial charge in [-0.3, -0.25) is 9.89 Å². The molecule has 120 valence electrons. The van der Waals surface area contributed by atoms with Crippen LogP contribution < -0.4 is 0 Å². The second kappa shape index (κ2) is 7.68. The third-order valence-electron chi connectivity index (χ3n) is 3.39. The van der Waals surface area contributed by atoms with E-state index in [-0.39, 0.29) is 5.78 Å². The molecule has 0 atom stereocenters. The standard InChI is InChI=1S/C19H23N3O/c1-5-6-16(8-7-13(2)3)18-20-19(22-21-18)17-11-9-15(10-12-17)14(4)23/h6-13H,5H2,1-4H3,(H,20,21,22)/b8-7-,16-6+. The van der Waals surface area contributed by atoms with Gasteiger partial charge in [0, 0.05) is 16.7 Å². The molecule has 2 rings (SSSR count). The van der Waals surface area contributed by atoms with E-state index in [4.69, 9.17) is 0 Å². The molecular weight excluding hydrogens is 286 g/mol. The van der Waals surface area contributed by atoms with E-state index in [1.807, 2.05) is 12.1 Å². The quantitative estimate of drug-likeness (QED) is 0.622. The Hall–Kier alpha value is -2.49. The summed E-state index contributed by atoms with van der Waals surface area (Å²) >= 11 is 0. The number of benzene rings is 1. The van der Waals surface area contributed by atoms with Gasteiger partial charge in [0.15, 0.2) is 17.4 Å². The van der Waals surface area contributed by atoms with Crippen molar-refractivity contribution in [3.05, 3.63) is 53.9 Å². The van der Waals surface area contributed by atoms with Crippen molar-refractivity contribution in [2.24, 2.45) is 5.92 Å². The van der Waals surface area contributed by atoms with E-state index < -0.39 is 0 Å². The second-order valence-corrected chi connectivity index (χ2v) is 5.81. The topological polar surface area (TPSA) is 58.6 Å². The van der Waals surface area contributed by atoms with Crippen molar-refractivity contribution in [2.45, 2.75) is 34.1 Å². The lowest BCUT2D eigenvalue weighted by Gasteiger charge is -1.99. The normalized spacial score (nSPS) is 12.3. The maximum Gasteiger partial charge on any atom is 0.181 e. The maximum absolute atomic E-state index is 11.3. The number of aromatic amines is 1. The molecule has 0 spiro atoms. The van der Waals surface area contributed by atoms with Crippen LogP contribution in [0, 0.1) is 5.92 Å². The zero-order valence-electron chi connectivity index (χ0n) is 14.1. The van der Waals surface area contributed by atoms with Gasteiger partial charge in [0.1, 0.15) is 0 Å². The van der Waals surface area contributed by atoms with E-state index >= 15 is 0 Å². The van der Waals surface area contributed by atoms with Crippen LogP contribution in [0.25, 0.3) is 17.0 Å². The van der Waals surface area contributed by atoms with Crippen LogP contribution in [-0.2, 0) is 0 Å². The molecule has 0 radical (unpaired) electrons. The lowest BCUT2D eigenvalue weighted by molar-refractivity contribution is 0.101. The van der Waals surface area contributed by atoms with E-state index in [9.17, 15) is 4.79 Å². The third-order valence-corrected chi connectivity index (χ3v) is 3.39. The first-order valence-electron chi connectivity index (χ1n) is 7.93. The number of nitrogens with zero attached hydrogens (tertiary/aromatic N) is 2. The summed E-state index contributed by atoms with van der Waals surface area (Å²) in [5.74, 6) is 1.93. The van der Waals surface area contributed by atoms with Gasteiger partial charge < -0.3 is 0 Å². The van der Waals surface area contributed by atoms with Crippen molar-refractivity contribution in [1.82, 2.24) is 15.2 Å². The first kappa shape index (κ1) is 16.9. The van der Waals surface area contributed by atoms with Gasteiger partial charge in [-0.25, -0.2) is 4.98 Å². The highest BCUT2D eigenvalue weighted by molar-refractivity contribution is 5.94. The van der Waals surface area contributed by atoms with Crippen molar-refractivity contribution < 1.29 is 4.79 Å². The molecule has 0 unspecified atom stereocenters. The van der Waals surface area contributed by atoms with Gasteiger partial charge in [0.05, 0.1) is 0 Å². The summed E-state index contributed by atoms with van der Waals surface area (Å²) in [5, 5.41) is 7.30. The minimum absolute atomic E-state index is 0.0548. The molecule has 0 amide bonds. The number of carbonyl (C=O) groups is 1. The van der Waals surface area contributed by atoms with Crippen LogP contribution in [0.5, 0.6) is 0 Å². The summed E-state index contributed by atoms with van der Waals surface area (Å²) in [6.07, 6.45) is 7.28. The van der Waals surface area contributed by atoms with Crippen LogP contribution >= 0.6 is 0 Å². The first-order chi connectivity index (χ1) is 11.0. The zero-order valence-corrected chi connectivity index (χ0v) is 14.1. The minimum Gasteiger partial charge on any atom is -0.295 e. The summed E-state index contributed by atoms with van der Waals surface area (Å²) < 4.78 is 0. The van der Waals surface area contributed by atoms with Crippen LogP contribution in [-0.4, -0.2) is 21.0 Å². The number of H-pyrrole nitrogens is 1. The van der Waals surface area contributed by atoms with Crippen LogP contribution in [0.15, 0.2) is 42.5 Å². The molecule has 4 heteroatoms. The van der Waals surface area contributed by atoms with Crippen LogP contribution in [0.2, 0.25) is 0 Å². The summed E-state index contributed by atoms with van der Waals surface area (Å²) in [4.78, 5) is 15.9. The molecular formula is C19H23N3O. The van der Waals surface area contributed by atoms with E-state index in [0.717, 1.165) is 23.4 Å². The number of hydrogen-bond acceptors (Lipinski definition) is 3. The number of hydrogen-bond donors (Lipinski definition) is 1. The van der Waals surface area contributed by atoms with Crippen molar-refractivity contribution in [1.29, 1.82) is 0 Å². The molecule has 0 fully saturated rings. The minimum atomic E-state index is 0.0548. The van der Waals surface area contributed by atoms with Gasteiger partial charge in [-0.05, 0) is 19.3 Å². The number of rotatable bonds is 6. The van der Waals surface area contributed by atoms with Gasteiger partial charge in [-0.15, -0.1) is 0 Å². The number of ketones is 1. The fourth-order valence-corrected chi connectivity index (χ4v) is 2.13. The molecule has 0 saturated heterocycles. The number of allylic oxidation sites excluding steroid dienone is 4. The summed E-state index contributed by atoms with van der Waals surface area (Å²) in [5.41, 5.74) is 2.62. The second-order valence-electron chi connectivity index (χ2n) is 5.81. The number of nitrogens with one attached hydrogen (secondary N) is 1. The van der Waals surface area contributed by atoms with Crippen LogP contribution in [0.3, 0.4) is 0 Å². The van der Waals surface area contributed by atoms with Crippen LogP contribution in [0.1, 0.15) is 50.3 Å². The van der Waals surface area contributed by atoms with Crippen LogP contribution in [0.4, 0.5) is 0 Å². The molecule has 0 aliphatic heterocycles. The Balaban J connectivity index is 2.28. The SMILES string of the molecule is CC/C=C(\C=C/C(C)C)c1nc(-c2ccc(C(C)=O)cc2)n[nH]1. The molecule has 23 heavy (non-hydrogen) atoms. The smallest absolute Gasteiger partial charge is 0.181 e. The van der Waals surface area contributed by atoms with Gasteiger partial charge in [-0.1, -0.05) is 63.3 Å². The van der Waals surface area contributed by atoms with Crippen molar-refractivity contribution in [2.75, 3.05) is 0 Å². The third kappa shape index (κ3) is 4.49. The molecule has 1 N–H and O–H groups in total. The van der Waals surface area contributed by atoms with E-state index in [2.05, 4.69) is 54.2 Å². The largest absolute Gasteiger partial charge is 0.295 e. The van der Waals surface area contributed by atoms with Crippen molar-refractivity contribution >= 4 is 11.4 Å². The monoisotopic (exact) mass is 309 g/mol. The predicted molar refractivity (Wildman–Crippen MR) is 94.1 cm³/mol. The average molecular weight is 309 g/mol. The number of carbonyl (C=O) groups excluding carboxylic acids is 1. The lowest BCUT2D eigenvalue weighted by Crippen LogP contribution is -1.91. The molecule has 2 aromatic rings. The predicted octanol–water partition coefficient (Wildman–Crippen LogP) is 4.68. The Morgan fingerprint density at radius 2 is 1.96 bits per heavy atom.